The molecule has 3 amide bonds. The smallest absolute Gasteiger partial charge is 0.408 e. The van der Waals surface area contributed by atoms with Crippen molar-refractivity contribution >= 4 is 36.2 Å². The summed E-state index contributed by atoms with van der Waals surface area (Å²) in [4.78, 5) is 79.6. The highest BCUT2D eigenvalue weighted by Crippen LogP contribution is 2.22. The maximum absolute atomic E-state index is 13.3. The Morgan fingerprint density at radius 2 is 1.02 bits per heavy atom. The van der Waals surface area contributed by atoms with Gasteiger partial charge in [0.15, 0.2) is 0 Å². The van der Waals surface area contributed by atoms with Gasteiger partial charge in [0.25, 0.3) is 0 Å². The van der Waals surface area contributed by atoms with Crippen molar-refractivity contribution < 1.29 is 57.9 Å². The van der Waals surface area contributed by atoms with Crippen molar-refractivity contribution in [1.82, 2.24) is 20.9 Å². The molecule has 2 rings (SSSR count). The molecule has 5 N–H and O–H groups in total. The van der Waals surface area contributed by atoms with Crippen molar-refractivity contribution in [3.8, 4) is 0 Å². The van der Waals surface area contributed by atoms with E-state index >= 15 is 0 Å². The third-order valence-corrected chi connectivity index (χ3v) is 7.74. The highest BCUT2D eigenvalue weighted by atomic mass is 16.6. The molecule has 0 bridgehead atoms. The van der Waals surface area contributed by atoms with E-state index < -0.39 is 71.1 Å². The Hall–Kier alpha value is -5.41. The number of nitrogens with zero attached hydrogens (tertiary/aromatic N) is 1. The molecule has 0 aliphatic heterocycles. The minimum Gasteiger partial charge on any atom is -0.480 e. The summed E-state index contributed by atoms with van der Waals surface area (Å²) < 4.78 is 21.4. The van der Waals surface area contributed by atoms with Gasteiger partial charge in [-0.2, -0.15) is 0 Å². The van der Waals surface area contributed by atoms with Crippen molar-refractivity contribution in [3.63, 3.8) is 0 Å². The van der Waals surface area contributed by atoms with E-state index in [4.69, 9.17) is 18.9 Å². The Labute approximate surface area is 328 Å². The largest absolute Gasteiger partial charge is 0.480 e. The van der Waals surface area contributed by atoms with Crippen LogP contribution in [0.4, 0.5) is 14.4 Å². The Balaban J connectivity index is 2.39. The number of rotatable bonds is 18. The Morgan fingerprint density at radius 1 is 0.607 bits per heavy atom. The van der Waals surface area contributed by atoms with Gasteiger partial charge in [-0.05, 0) is 130 Å². The topological polar surface area (TPSA) is 229 Å². The first-order valence-corrected chi connectivity index (χ1v) is 18.5. The molecule has 16 nitrogen and oxygen atoms in total. The van der Waals surface area contributed by atoms with E-state index in [2.05, 4.69) is 20.9 Å². The van der Waals surface area contributed by atoms with Crippen LogP contribution < -0.4 is 16.0 Å². The highest BCUT2D eigenvalue weighted by Gasteiger charge is 2.28. The molecule has 0 aliphatic carbocycles. The van der Waals surface area contributed by atoms with E-state index in [0.29, 0.717) is 29.5 Å². The summed E-state index contributed by atoms with van der Waals surface area (Å²) in [6.45, 7) is 15.0. The molecule has 1 aromatic heterocycles. The fraction of sp³-hybridized carbons (Fsp3) is 0.575. The molecule has 0 radical (unpaired) electrons. The normalized spacial score (nSPS) is 13.3. The number of aliphatic carboxylic acids is 2. The molecule has 0 spiro atoms. The zero-order chi connectivity index (χ0) is 42.3. The Morgan fingerprint density at radius 3 is 1.41 bits per heavy atom. The van der Waals surface area contributed by atoms with Crippen LogP contribution >= 0.6 is 0 Å². The van der Waals surface area contributed by atoms with Crippen molar-refractivity contribution in [1.29, 1.82) is 0 Å². The first-order valence-electron chi connectivity index (χ1n) is 18.5. The number of hydrogen-bond donors (Lipinski definition) is 5. The number of ether oxygens (including phenoxy) is 4. The lowest BCUT2D eigenvalue weighted by Gasteiger charge is -2.24. The SMILES string of the molecule is CC(C)(C)OC(=O)N[C@@H](CCc1cncc(CC[C@H](NC(=O)OC(C)(C)C)C(=O)O)c1CCC[C@H](NC(=O)OC(C)(C)C)C(=O)OCc1ccccc1)C(=O)O. The standard InChI is InChI=1S/C40H58N4O12/c1-38(2,3)54-35(50)42-29(32(45)46)20-18-26-22-41-23-27(19-21-30(33(47)48)43-36(51)55-39(4,5)6)28(26)16-13-17-31(44-37(52)56-40(7,8)9)34(49)53-24-25-14-11-10-12-15-25/h10-12,14-15,22-23,29-31H,13,16-21,24H2,1-9H3,(H,42,50)(H,43,51)(H,44,52)(H,45,46)(H,47,48)/t29-,30-,31-/m0/s1. The number of alkyl carbamates (subject to hydrolysis) is 3. The maximum Gasteiger partial charge on any atom is 0.408 e. The van der Waals surface area contributed by atoms with Crippen LogP contribution in [0.25, 0.3) is 0 Å². The number of hydrogen-bond acceptors (Lipinski definition) is 11. The monoisotopic (exact) mass is 786 g/mol. The molecule has 1 heterocycles. The zero-order valence-corrected chi connectivity index (χ0v) is 33.9. The number of nitrogens with one attached hydrogen (secondary N) is 3. The molecule has 2 aromatic rings. The first-order chi connectivity index (χ1) is 25.9. The lowest BCUT2D eigenvalue weighted by molar-refractivity contribution is -0.147. The van der Waals surface area contributed by atoms with Gasteiger partial charge in [0.05, 0.1) is 0 Å². The number of aromatic nitrogens is 1. The van der Waals surface area contributed by atoms with Crippen LogP contribution in [0.15, 0.2) is 42.7 Å². The second-order valence-corrected chi connectivity index (χ2v) is 16.3. The van der Waals surface area contributed by atoms with Crippen LogP contribution in [0.2, 0.25) is 0 Å². The molecule has 0 unspecified atom stereocenters. The van der Waals surface area contributed by atoms with Crippen molar-refractivity contribution in [3.05, 3.63) is 65.0 Å². The molecule has 56 heavy (non-hydrogen) atoms. The van der Waals surface area contributed by atoms with Gasteiger partial charge < -0.3 is 45.1 Å². The van der Waals surface area contributed by atoms with Gasteiger partial charge in [-0.3, -0.25) is 4.98 Å². The van der Waals surface area contributed by atoms with Gasteiger partial charge in [0, 0.05) is 12.4 Å². The maximum atomic E-state index is 13.3. The van der Waals surface area contributed by atoms with Crippen molar-refractivity contribution in [2.24, 2.45) is 0 Å². The second-order valence-electron chi connectivity index (χ2n) is 16.3. The van der Waals surface area contributed by atoms with Gasteiger partial charge >= 0.3 is 36.2 Å². The van der Waals surface area contributed by atoms with Gasteiger partial charge in [-0.15, -0.1) is 0 Å². The molecular weight excluding hydrogens is 728 g/mol. The van der Waals surface area contributed by atoms with Crippen molar-refractivity contribution in [2.45, 2.75) is 149 Å². The van der Waals surface area contributed by atoms with E-state index in [1.807, 2.05) is 18.2 Å². The lowest BCUT2D eigenvalue weighted by atomic mass is 9.91. The summed E-state index contributed by atoms with van der Waals surface area (Å²) in [6, 6.07) is 5.34. The van der Waals surface area contributed by atoms with Crippen LogP contribution in [0, 0.1) is 0 Å². The lowest BCUT2D eigenvalue weighted by Crippen LogP contribution is -2.44. The van der Waals surface area contributed by atoms with Crippen LogP contribution in [0.1, 0.15) is 110 Å². The van der Waals surface area contributed by atoms with E-state index in [9.17, 15) is 39.0 Å². The average molecular weight is 787 g/mol. The van der Waals surface area contributed by atoms with Gasteiger partial charge in [-0.1, -0.05) is 30.3 Å². The molecule has 16 heteroatoms. The Bertz CT molecular complexity index is 1570. The zero-order valence-electron chi connectivity index (χ0n) is 33.9. The van der Waals surface area contributed by atoms with Crippen molar-refractivity contribution in [2.75, 3.05) is 0 Å². The second kappa shape index (κ2) is 21.0. The molecule has 310 valence electrons. The summed E-state index contributed by atoms with van der Waals surface area (Å²) in [6.07, 6.45) is 1.44. The van der Waals surface area contributed by atoms with Gasteiger partial charge in [0.1, 0.15) is 41.5 Å². The predicted octanol–water partition coefficient (Wildman–Crippen LogP) is 5.86. The number of esters is 1. The number of aryl methyl sites for hydroxylation is 2. The van der Waals surface area contributed by atoms with E-state index in [1.165, 1.54) is 0 Å². The predicted molar refractivity (Wildman–Crippen MR) is 205 cm³/mol. The summed E-state index contributed by atoms with van der Waals surface area (Å²) in [5.41, 5.74) is 0.164. The van der Waals surface area contributed by atoms with E-state index in [0.717, 1.165) is 5.56 Å². The number of benzene rings is 1. The number of carbonyl (C=O) groups is 6. The average Bonchev–Trinajstić information content (AvgIpc) is 3.05. The molecule has 3 atom stereocenters. The van der Waals surface area contributed by atoms with Crippen LogP contribution in [0.3, 0.4) is 0 Å². The summed E-state index contributed by atoms with van der Waals surface area (Å²) >= 11 is 0. The first kappa shape index (κ1) is 46.7. The van der Waals surface area contributed by atoms with E-state index in [1.54, 1.807) is 86.8 Å². The van der Waals surface area contributed by atoms with Crippen LogP contribution in [-0.2, 0) is 59.2 Å². The number of carbonyl (C=O) groups excluding carboxylic acids is 4. The third-order valence-electron chi connectivity index (χ3n) is 7.74. The molecule has 0 saturated heterocycles. The fourth-order valence-corrected chi connectivity index (χ4v) is 5.36. The number of pyridine rings is 1. The van der Waals surface area contributed by atoms with Gasteiger partial charge in [-0.25, -0.2) is 28.8 Å². The van der Waals surface area contributed by atoms with E-state index in [-0.39, 0.29) is 38.7 Å². The Kier molecular flexibility index (Phi) is 17.6. The summed E-state index contributed by atoms with van der Waals surface area (Å²) in [7, 11) is 0. The highest BCUT2D eigenvalue weighted by molar-refractivity contribution is 5.82. The molecule has 0 aliphatic rings. The summed E-state index contributed by atoms with van der Waals surface area (Å²) in [5.74, 6) is -3.22. The van der Waals surface area contributed by atoms with Crippen LogP contribution in [-0.4, -0.2) is 86.3 Å². The summed E-state index contributed by atoms with van der Waals surface area (Å²) in [5, 5.41) is 27.2. The number of carboxylic acids is 2. The molecular formula is C40H58N4O12. The molecule has 0 fully saturated rings. The number of carboxylic acid groups (broad SMARTS) is 2. The minimum atomic E-state index is -1.31. The minimum absolute atomic E-state index is 0.0189. The molecule has 0 saturated carbocycles. The molecule has 1 aromatic carbocycles. The number of amides is 3. The quantitative estimate of drug-likeness (QED) is 0.0882. The fourth-order valence-electron chi connectivity index (χ4n) is 5.36. The van der Waals surface area contributed by atoms with Gasteiger partial charge in [0.2, 0.25) is 0 Å². The third kappa shape index (κ3) is 18.8. The van der Waals surface area contributed by atoms with Crippen LogP contribution in [0.5, 0.6) is 0 Å².